The second-order valence-electron chi connectivity index (χ2n) is 6.53. The van der Waals surface area contributed by atoms with Crippen molar-refractivity contribution in [2.45, 2.75) is 64.7 Å². The van der Waals surface area contributed by atoms with Crippen LogP contribution in [0.3, 0.4) is 0 Å². The first-order chi connectivity index (χ1) is 12.8. The van der Waals surface area contributed by atoms with E-state index in [1.165, 1.54) is 57.7 Å². The van der Waals surface area contributed by atoms with Crippen LogP contribution in [-0.4, -0.2) is 16.5 Å². The molecule has 0 bridgehead atoms. The first kappa shape index (κ1) is 20.5. The van der Waals surface area contributed by atoms with E-state index >= 15 is 0 Å². The molecular formula is C21H30ClN3O. The van der Waals surface area contributed by atoms with Crippen LogP contribution in [-0.2, 0) is 0 Å². The van der Waals surface area contributed by atoms with Crippen molar-refractivity contribution in [2.24, 2.45) is 0 Å². The summed E-state index contributed by atoms with van der Waals surface area (Å²) in [5.74, 6) is 1.86. The fourth-order valence-corrected chi connectivity index (χ4v) is 2.96. The molecule has 1 N–H and O–H groups in total. The SMILES string of the molecule is CCCCCCCCCCCNc1cc(Oc2ccccc2Cl)ncn1. The smallest absolute Gasteiger partial charge is 0.224 e. The number of nitrogens with one attached hydrogen (secondary N) is 1. The molecule has 0 aliphatic carbocycles. The van der Waals surface area contributed by atoms with E-state index in [1.54, 1.807) is 12.1 Å². The van der Waals surface area contributed by atoms with Crippen molar-refractivity contribution in [1.82, 2.24) is 9.97 Å². The molecule has 1 heterocycles. The summed E-state index contributed by atoms with van der Waals surface area (Å²) in [6.07, 6.45) is 13.4. The van der Waals surface area contributed by atoms with Gasteiger partial charge in [-0.1, -0.05) is 82.0 Å². The number of halogens is 1. The van der Waals surface area contributed by atoms with Gasteiger partial charge in [0.25, 0.3) is 0 Å². The molecule has 0 fully saturated rings. The van der Waals surface area contributed by atoms with E-state index in [-0.39, 0.29) is 0 Å². The number of hydrogen-bond donors (Lipinski definition) is 1. The third kappa shape index (κ3) is 8.05. The second kappa shape index (κ2) is 12.5. The van der Waals surface area contributed by atoms with Gasteiger partial charge in [-0.25, -0.2) is 9.97 Å². The van der Waals surface area contributed by atoms with Gasteiger partial charge < -0.3 is 10.1 Å². The summed E-state index contributed by atoms with van der Waals surface area (Å²) < 4.78 is 5.73. The summed E-state index contributed by atoms with van der Waals surface area (Å²) in [5.41, 5.74) is 0. The number of unbranched alkanes of at least 4 members (excludes halogenated alkanes) is 8. The highest BCUT2D eigenvalue weighted by Gasteiger charge is 2.04. The third-order valence-corrected chi connectivity index (χ3v) is 4.59. The van der Waals surface area contributed by atoms with Crippen LogP contribution < -0.4 is 10.1 Å². The molecule has 1 aromatic heterocycles. The van der Waals surface area contributed by atoms with E-state index in [1.807, 2.05) is 18.2 Å². The fourth-order valence-electron chi connectivity index (χ4n) is 2.78. The standard InChI is InChI=1S/C21H30ClN3O/c1-2-3-4-5-6-7-8-9-12-15-23-20-16-21(25-17-24-20)26-19-14-11-10-13-18(19)22/h10-11,13-14,16-17H,2-9,12,15H2,1H3,(H,23,24,25). The van der Waals surface area contributed by atoms with Gasteiger partial charge >= 0.3 is 0 Å². The summed E-state index contributed by atoms with van der Waals surface area (Å²) in [5, 5.41) is 3.91. The van der Waals surface area contributed by atoms with Crippen molar-refractivity contribution in [3.8, 4) is 11.6 Å². The predicted octanol–water partition coefficient (Wildman–Crippen LogP) is 6.87. The zero-order valence-electron chi connectivity index (χ0n) is 15.7. The Morgan fingerprint density at radius 1 is 0.923 bits per heavy atom. The number of rotatable bonds is 13. The maximum absolute atomic E-state index is 6.11. The number of anilines is 1. The highest BCUT2D eigenvalue weighted by atomic mass is 35.5. The Hall–Kier alpha value is -1.81. The molecule has 4 nitrogen and oxygen atoms in total. The van der Waals surface area contributed by atoms with Gasteiger partial charge in [0.15, 0.2) is 0 Å². The molecule has 1 aromatic carbocycles. The minimum atomic E-state index is 0.489. The lowest BCUT2D eigenvalue weighted by Crippen LogP contribution is -2.04. The molecule has 0 amide bonds. The van der Waals surface area contributed by atoms with Crippen LogP contribution in [0.2, 0.25) is 5.02 Å². The molecule has 142 valence electrons. The van der Waals surface area contributed by atoms with Crippen LogP contribution >= 0.6 is 11.6 Å². The van der Waals surface area contributed by atoms with E-state index in [2.05, 4.69) is 22.2 Å². The Morgan fingerprint density at radius 2 is 1.62 bits per heavy atom. The Kier molecular flexibility index (Phi) is 9.88. The summed E-state index contributed by atoms with van der Waals surface area (Å²) >= 11 is 6.11. The number of aromatic nitrogens is 2. The minimum absolute atomic E-state index is 0.489. The molecule has 0 radical (unpaired) electrons. The van der Waals surface area contributed by atoms with Gasteiger partial charge in [-0.05, 0) is 18.6 Å². The predicted molar refractivity (Wildman–Crippen MR) is 109 cm³/mol. The summed E-state index contributed by atoms with van der Waals surface area (Å²) in [6.45, 7) is 3.18. The van der Waals surface area contributed by atoms with E-state index in [0.717, 1.165) is 18.8 Å². The van der Waals surface area contributed by atoms with Crippen molar-refractivity contribution < 1.29 is 4.74 Å². The number of ether oxygens (including phenoxy) is 1. The number of benzene rings is 1. The monoisotopic (exact) mass is 375 g/mol. The first-order valence-corrected chi connectivity index (χ1v) is 10.2. The fraction of sp³-hybridized carbons (Fsp3) is 0.524. The Bertz CT molecular complexity index is 636. The third-order valence-electron chi connectivity index (χ3n) is 4.28. The highest BCUT2D eigenvalue weighted by Crippen LogP contribution is 2.28. The molecule has 0 atom stereocenters. The van der Waals surface area contributed by atoms with E-state index in [4.69, 9.17) is 16.3 Å². The first-order valence-electron chi connectivity index (χ1n) is 9.78. The lowest BCUT2D eigenvalue weighted by atomic mass is 10.1. The zero-order chi connectivity index (χ0) is 18.5. The van der Waals surface area contributed by atoms with E-state index in [9.17, 15) is 0 Å². The molecule has 0 aliphatic heterocycles. The average Bonchev–Trinajstić information content (AvgIpc) is 2.65. The van der Waals surface area contributed by atoms with Crippen molar-refractivity contribution in [3.05, 3.63) is 41.7 Å². The van der Waals surface area contributed by atoms with E-state index in [0.29, 0.717) is 16.7 Å². The largest absolute Gasteiger partial charge is 0.437 e. The lowest BCUT2D eigenvalue weighted by Gasteiger charge is -2.09. The average molecular weight is 376 g/mol. The number of hydrogen-bond acceptors (Lipinski definition) is 4. The number of nitrogens with zero attached hydrogens (tertiary/aromatic N) is 2. The maximum Gasteiger partial charge on any atom is 0.224 e. The molecular weight excluding hydrogens is 346 g/mol. The topological polar surface area (TPSA) is 47.0 Å². The molecule has 5 heteroatoms. The van der Waals surface area contributed by atoms with Crippen LogP contribution in [0.15, 0.2) is 36.7 Å². The van der Waals surface area contributed by atoms with Gasteiger partial charge in [-0.15, -0.1) is 0 Å². The summed E-state index contributed by atoms with van der Waals surface area (Å²) in [7, 11) is 0. The maximum atomic E-state index is 6.11. The Labute approximate surface area is 162 Å². The van der Waals surface area contributed by atoms with Crippen molar-refractivity contribution >= 4 is 17.4 Å². The zero-order valence-corrected chi connectivity index (χ0v) is 16.5. The quantitative estimate of drug-likeness (QED) is 0.388. The van der Waals surface area contributed by atoms with Gasteiger partial charge in [0.2, 0.25) is 5.88 Å². The van der Waals surface area contributed by atoms with Gasteiger partial charge in [-0.2, -0.15) is 0 Å². The van der Waals surface area contributed by atoms with E-state index < -0.39 is 0 Å². The molecule has 0 saturated heterocycles. The Balaban J connectivity index is 1.62. The molecule has 0 unspecified atom stereocenters. The van der Waals surface area contributed by atoms with Gasteiger partial charge in [-0.3, -0.25) is 0 Å². The molecule has 26 heavy (non-hydrogen) atoms. The van der Waals surface area contributed by atoms with Crippen LogP contribution in [0.4, 0.5) is 5.82 Å². The van der Waals surface area contributed by atoms with Crippen molar-refractivity contribution in [1.29, 1.82) is 0 Å². The number of para-hydroxylation sites is 1. The van der Waals surface area contributed by atoms with Crippen molar-refractivity contribution in [3.63, 3.8) is 0 Å². The van der Waals surface area contributed by atoms with Crippen LogP contribution in [0, 0.1) is 0 Å². The molecule has 0 aliphatic rings. The summed E-state index contributed by atoms with van der Waals surface area (Å²) in [6, 6.07) is 9.16. The van der Waals surface area contributed by atoms with Crippen LogP contribution in [0.25, 0.3) is 0 Å². The van der Waals surface area contributed by atoms with Gasteiger partial charge in [0, 0.05) is 12.6 Å². The lowest BCUT2D eigenvalue weighted by molar-refractivity contribution is 0.462. The second-order valence-corrected chi connectivity index (χ2v) is 6.94. The van der Waals surface area contributed by atoms with Crippen molar-refractivity contribution in [2.75, 3.05) is 11.9 Å². The minimum Gasteiger partial charge on any atom is -0.437 e. The molecule has 0 saturated carbocycles. The molecule has 2 rings (SSSR count). The highest BCUT2D eigenvalue weighted by molar-refractivity contribution is 6.32. The van der Waals surface area contributed by atoms with Crippen LogP contribution in [0.5, 0.6) is 11.6 Å². The van der Waals surface area contributed by atoms with Crippen LogP contribution in [0.1, 0.15) is 64.7 Å². The van der Waals surface area contributed by atoms with Gasteiger partial charge in [0.1, 0.15) is 17.9 Å². The van der Waals surface area contributed by atoms with Gasteiger partial charge in [0.05, 0.1) is 5.02 Å². The molecule has 0 spiro atoms. The summed E-state index contributed by atoms with van der Waals surface area (Å²) in [4.78, 5) is 8.39. The molecule has 2 aromatic rings. The Morgan fingerprint density at radius 3 is 2.35 bits per heavy atom. The normalized spacial score (nSPS) is 10.7.